The van der Waals surface area contributed by atoms with Crippen molar-refractivity contribution < 1.29 is 21.9 Å². The second-order valence-electron chi connectivity index (χ2n) is 4.13. The molecule has 106 valence electrons. The maximum Gasteiger partial charge on any atom is 0.246 e. The lowest BCUT2D eigenvalue weighted by Gasteiger charge is -2.23. The Hall–Kier alpha value is -1.09. The summed E-state index contributed by atoms with van der Waals surface area (Å²) in [6.45, 7) is 1.53. The molecule has 0 amide bonds. The van der Waals surface area contributed by atoms with Crippen LogP contribution in [0.5, 0.6) is 0 Å². The number of hydrogen-bond donors (Lipinski definition) is 2. The van der Waals surface area contributed by atoms with Crippen molar-refractivity contribution in [1.82, 2.24) is 10.0 Å². The fourth-order valence-corrected chi connectivity index (χ4v) is 2.99. The van der Waals surface area contributed by atoms with E-state index in [1.165, 1.54) is 0 Å². The molecule has 0 radical (unpaired) electrons. The highest BCUT2D eigenvalue weighted by Crippen LogP contribution is 2.17. The molecule has 0 aliphatic carbocycles. The first kappa shape index (κ1) is 14.3. The van der Waals surface area contributed by atoms with E-state index in [0.717, 1.165) is 18.2 Å². The molecule has 0 spiro atoms. The molecule has 8 heteroatoms. The summed E-state index contributed by atoms with van der Waals surface area (Å²) in [4.78, 5) is -0.952. The number of halogens is 2. The number of hydrogen-bond acceptors (Lipinski definition) is 4. The van der Waals surface area contributed by atoms with Gasteiger partial charge in [0.1, 0.15) is 11.6 Å². The first-order chi connectivity index (χ1) is 9.00. The van der Waals surface area contributed by atoms with Crippen molar-refractivity contribution in [3.8, 4) is 0 Å². The van der Waals surface area contributed by atoms with Gasteiger partial charge in [-0.3, -0.25) is 0 Å². The number of sulfonamides is 1. The summed E-state index contributed by atoms with van der Waals surface area (Å²) in [7, 11) is -4.22. The van der Waals surface area contributed by atoms with E-state index < -0.39 is 26.6 Å². The van der Waals surface area contributed by atoms with Crippen LogP contribution in [0.2, 0.25) is 0 Å². The Kier molecular flexibility index (Phi) is 4.46. The predicted molar refractivity (Wildman–Crippen MR) is 64.2 cm³/mol. The predicted octanol–water partition coefficient (Wildman–Crippen LogP) is 0.232. The van der Waals surface area contributed by atoms with Crippen LogP contribution in [-0.2, 0) is 14.8 Å². The van der Waals surface area contributed by atoms with Crippen LogP contribution in [0.4, 0.5) is 8.78 Å². The standard InChI is InChI=1S/C11H14F2N2O3S/c12-9-2-1-3-10(13)11(9)19(16,17)15-6-8-7-18-5-4-14-8/h1-3,8,14-15H,4-7H2. The van der Waals surface area contributed by atoms with Gasteiger partial charge >= 0.3 is 0 Å². The van der Waals surface area contributed by atoms with E-state index in [2.05, 4.69) is 10.0 Å². The molecule has 1 aliphatic heterocycles. The Labute approximate surface area is 110 Å². The molecule has 0 saturated carbocycles. The molecule has 1 fully saturated rings. The van der Waals surface area contributed by atoms with E-state index in [4.69, 9.17) is 4.74 Å². The van der Waals surface area contributed by atoms with Gasteiger partial charge in [0.25, 0.3) is 0 Å². The zero-order valence-electron chi connectivity index (χ0n) is 10.0. The van der Waals surface area contributed by atoms with Crippen LogP contribution < -0.4 is 10.0 Å². The third-order valence-corrected chi connectivity index (χ3v) is 4.18. The largest absolute Gasteiger partial charge is 0.378 e. The summed E-state index contributed by atoms with van der Waals surface area (Å²) in [5.41, 5.74) is 0. The number of morpholine rings is 1. The van der Waals surface area contributed by atoms with Crippen LogP contribution in [0.15, 0.2) is 23.1 Å². The molecule has 1 aromatic carbocycles. The van der Waals surface area contributed by atoms with Gasteiger partial charge in [-0.15, -0.1) is 0 Å². The summed E-state index contributed by atoms with van der Waals surface area (Å²) in [5.74, 6) is -2.22. The summed E-state index contributed by atoms with van der Waals surface area (Å²) >= 11 is 0. The molecular formula is C11H14F2N2O3S. The van der Waals surface area contributed by atoms with Gasteiger partial charge in [0.2, 0.25) is 10.0 Å². The monoisotopic (exact) mass is 292 g/mol. The van der Waals surface area contributed by atoms with Gasteiger partial charge < -0.3 is 10.1 Å². The van der Waals surface area contributed by atoms with E-state index in [1.54, 1.807) is 0 Å². The lowest BCUT2D eigenvalue weighted by molar-refractivity contribution is 0.0784. The van der Waals surface area contributed by atoms with Crippen LogP contribution >= 0.6 is 0 Å². The summed E-state index contributed by atoms with van der Waals surface area (Å²) < 4.78 is 57.9. The topological polar surface area (TPSA) is 67.4 Å². The minimum absolute atomic E-state index is 0.0100. The first-order valence-corrected chi connectivity index (χ1v) is 7.24. The Morgan fingerprint density at radius 1 is 1.37 bits per heavy atom. The van der Waals surface area contributed by atoms with E-state index in [1.807, 2.05) is 0 Å². The Balaban J connectivity index is 2.09. The van der Waals surface area contributed by atoms with E-state index >= 15 is 0 Å². The fraction of sp³-hybridized carbons (Fsp3) is 0.455. The van der Waals surface area contributed by atoms with Crippen molar-refractivity contribution >= 4 is 10.0 Å². The van der Waals surface area contributed by atoms with Gasteiger partial charge in [-0.25, -0.2) is 21.9 Å². The molecule has 2 N–H and O–H groups in total. The van der Waals surface area contributed by atoms with Crippen LogP contribution in [-0.4, -0.2) is 40.8 Å². The Morgan fingerprint density at radius 3 is 2.63 bits per heavy atom. The first-order valence-electron chi connectivity index (χ1n) is 5.75. The third-order valence-electron chi connectivity index (χ3n) is 2.71. The van der Waals surface area contributed by atoms with E-state index in [9.17, 15) is 17.2 Å². The number of ether oxygens (including phenoxy) is 1. The molecule has 0 bridgehead atoms. The molecule has 2 rings (SSSR count). The molecule has 19 heavy (non-hydrogen) atoms. The Bertz CT molecular complexity index is 525. The van der Waals surface area contributed by atoms with Gasteiger partial charge in [-0.05, 0) is 12.1 Å². The highest BCUT2D eigenvalue weighted by atomic mass is 32.2. The SMILES string of the molecule is O=S(=O)(NCC1COCCN1)c1c(F)cccc1F. The third kappa shape index (κ3) is 3.47. The maximum absolute atomic E-state index is 13.4. The lowest BCUT2D eigenvalue weighted by atomic mass is 10.3. The van der Waals surface area contributed by atoms with Crippen molar-refractivity contribution in [1.29, 1.82) is 0 Å². The van der Waals surface area contributed by atoms with Crippen molar-refractivity contribution in [2.24, 2.45) is 0 Å². The Morgan fingerprint density at radius 2 is 2.05 bits per heavy atom. The van der Waals surface area contributed by atoms with Gasteiger partial charge in [-0.2, -0.15) is 0 Å². The molecule has 1 unspecified atom stereocenters. The summed E-state index contributed by atoms with van der Waals surface area (Å²) in [6.07, 6.45) is 0. The molecule has 0 aromatic heterocycles. The second-order valence-corrected chi connectivity index (χ2v) is 5.83. The number of nitrogens with one attached hydrogen (secondary N) is 2. The minimum Gasteiger partial charge on any atom is -0.378 e. The highest BCUT2D eigenvalue weighted by molar-refractivity contribution is 7.89. The van der Waals surface area contributed by atoms with Crippen LogP contribution in [0, 0.1) is 11.6 Å². The maximum atomic E-state index is 13.4. The van der Waals surface area contributed by atoms with Crippen molar-refractivity contribution in [3.05, 3.63) is 29.8 Å². The van der Waals surface area contributed by atoms with Crippen LogP contribution in [0.1, 0.15) is 0 Å². The quantitative estimate of drug-likeness (QED) is 0.834. The van der Waals surface area contributed by atoms with E-state index in [-0.39, 0.29) is 12.6 Å². The number of rotatable bonds is 4. The molecule has 1 heterocycles. The molecule has 1 saturated heterocycles. The molecular weight excluding hydrogens is 278 g/mol. The average molecular weight is 292 g/mol. The minimum atomic E-state index is -4.22. The molecule has 5 nitrogen and oxygen atoms in total. The van der Waals surface area contributed by atoms with E-state index in [0.29, 0.717) is 19.8 Å². The zero-order valence-corrected chi connectivity index (χ0v) is 10.8. The van der Waals surface area contributed by atoms with Gasteiger partial charge in [0.15, 0.2) is 4.90 Å². The normalized spacial score (nSPS) is 20.4. The summed E-state index contributed by atoms with van der Waals surface area (Å²) in [5, 5.41) is 3.03. The van der Waals surface area contributed by atoms with Crippen molar-refractivity contribution in [3.63, 3.8) is 0 Å². The van der Waals surface area contributed by atoms with Crippen molar-refractivity contribution in [2.45, 2.75) is 10.9 Å². The van der Waals surface area contributed by atoms with Gasteiger partial charge in [0, 0.05) is 19.1 Å². The lowest BCUT2D eigenvalue weighted by Crippen LogP contribution is -2.48. The second kappa shape index (κ2) is 5.91. The average Bonchev–Trinajstić information content (AvgIpc) is 2.37. The zero-order chi connectivity index (χ0) is 13.9. The molecule has 1 aromatic rings. The van der Waals surface area contributed by atoms with Crippen LogP contribution in [0.3, 0.4) is 0 Å². The number of benzene rings is 1. The highest BCUT2D eigenvalue weighted by Gasteiger charge is 2.25. The van der Waals surface area contributed by atoms with Crippen LogP contribution in [0.25, 0.3) is 0 Å². The molecule has 1 atom stereocenters. The van der Waals surface area contributed by atoms with Gasteiger partial charge in [-0.1, -0.05) is 6.07 Å². The van der Waals surface area contributed by atoms with Crippen molar-refractivity contribution in [2.75, 3.05) is 26.3 Å². The summed E-state index contributed by atoms with van der Waals surface area (Å²) in [6, 6.07) is 2.71. The molecule has 1 aliphatic rings. The van der Waals surface area contributed by atoms with Gasteiger partial charge in [0.05, 0.1) is 13.2 Å². The fourth-order valence-electron chi connectivity index (χ4n) is 1.77. The smallest absolute Gasteiger partial charge is 0.246 e.